The first-order valence-corrected chi connectivity index (χ1v) is 7.24. The van der Waals surface area contributed by atoms with Crippen LogP contribution in [-0.4, -0.2) is 33.3 Å². The molecule has 1 aromatic carbocycles. The number of carboxylic acid groups (broad SMARTS) is 1. The predicted molar refractivity (Wildman–Crippen MR) is 79.5 cm³/mol. The maximum atomic E-state index is 11.7. The van der Waals surface area contributed by atoms with Gasteiger partial charge < -0.3 is 10.4 Å². The standard InChI is InChI=1S/C16H17N3O3/c20-15(13-10-14(13)16(21)22)17-8-6-11-2-4-12(5-3-11)19-9-1-7-18-19/h1-5,7,9,13-14H,6,8,10H2,(H,17,20)(H,21,22)/t13-,14+/m0/s1. The molecular formula is C16H17N3O3. The van der Waals surface area contributed by atoms with Crippen LogP contribution in [-0.2, 0) is 16.0 Å². The summed E-state index contributed by atoms with van der Waals surface area (Å²) in [4.78, 5) is 22.4. The molecule has 0 saturated heterocycles. The van der Waals surface area contributed by atoms with Crippen LogP contribution in [0, 0.1) is 11.8 Å². The van der Waals surface area contributed by atoms with Crippen molar-refractivity contribution in [3.63, 3.8) is 0 Å². The molecule has 3 rings (SSSR count). The molecule has 1 fully saturated rings. The van der Waals surface area contributed by atoms with Gasteiger partial charge in [-0.15, -0.1) is 0 Å². The zero-order chi connectivity index (χ0) is 15.5. The van der Waals surface area contributed by atoms with Crippen LogP contribution >= 0.6 is 0 Å². The van der Waals surface area contributed by atoms with E-state index in [2.05, 4.69) is 10.4 Å². The largest absolute Gasteiger partial charge is 0.481 e. The topological polar surface area (TPSA) is 84.2 Å². The molecular weight excluding hydrogens is 282 g/mol. The summed E-state index contributed by atoms with van der Waals surface area (Å²) >= 11 is 0. The van der Waals surface area contributed by atoms with Crippen molar-refractivity contribution in [2.75, 3.05) is 6.54 Å². The van der Waals surface area contributed by atoms with Crippen molar-refractivity contribution < 1.29 is 14.7 Å². The highest BCUT2D eigenvalue weighted by Gasteiger charge is 2.48. The fourth-order valence-corrected chi connectivity index (χ4v) is 2.46. The Labute approximate surface area is 127 Å². The number of carboxylic acids is 1. The normalized spacial score (nSPS) is 19.6. The molecule has 22 heavy (non-hydrogen) atoms. The van der Waals surface area contributed by atoms with Gasteiger partial charge >= 0.3 is 5.97 Å². The highest BCUT2D eigenvalue weighted by atomic mass is 16.4. The summed E-state index contributed by atoms with van der Waals surface area (Å²) in [5, 5.41) is 15.8. The minimum absolute atomic E-state index is 0.152. The number of aromatic nitrogens is 2. The van der Waals surface area contributed by atoms with E-state index in [1.165, 1.54) is 0 Å². The van der Waals surface area contributed by atoms with Gasteiger partial charge in [0.15, 0.2) is 0 Å². The summed E-state index contributed by atoms with van der Waals surface area (Å²) in [6.07, 6.45) is 4.78. The summed E-state index contributed by atoms with van der Waals surface area (Å²) in [5.74, 6) is -1.87. The van der Waals surface area contributed by atoms with Crippen molar-refractivity contribution in [1.29, 1.82) is 0 Å². The second-order valence-electron chi connectivity index (χ2n) is 5.45. The Morgan fingerprint density at radius 2 is 2.05 bits per heavy atom. The minimum atomic E-state index is -0.880. The van der Waals surface area contributed by atoms with Crippen molar-refractivity contribution in [3.8, 4) is 5.69 Å². The van der Waals surface area contributed by atoms with Gasteiger partial charge in [0.1, 0.15) is 0 Å². The molecule has 1 saturated carbocycles. The summed E-state index contributed by atoms with van der Waals surface area (Å²) in [6.45, 7) is 0.517. The molecule has 114 valence electrons. The molecule has 1 aromatic heterocycles. The molecule has 1 aliphatic rings. The Bertz CT molecular complexity index is 664. The van der Waals surface area contributed by atoms with Crippen LogP contribution in [0.2, 0.25) is 0 Å². The first kappa shape index (κ1) is 14.3. The van der Waals surface area contributed by atoms with E-state index in [1.54, 1.807) is 10.9 Å². The second kappa shape index (κ2) is 6.01. The number of benzene rings is 1. The first-order chi connectivity index (χ1) is 10.6. The molecule has 6 heteroatoms. The molecule has 2 atom stereocenters. The van der Waals surface area contributed by atoms with Gasteiger partial charge in [-0.1, -0.05) is 12.1 Å². The zero-order valence-electron chi connectivity index (χ0n) is 12.0. The molecule has 1 heterocycles. The van der Waals surface area contributed by atoms with Gasteiger partial charge in [0.2, 0.25) is 5.91 Å². The van der Waals surface area contributed by atoms with Crippen LogP contribution in [0.4, 0.5) is 0 Å². The maximum absolute atomic E-state index is 11.7. The van der Waals surface area contributed by atoms with E-state index in [4.69, 9.17) is 5.11 Å². The number of hydrogen-bond acceptors (Lipinski definition) is 3. The quantitative estimate of drug-likeness (QED) is 0.841. The van der Waals surface area contributed by atoms with Crippen molar-refractivity contribution in [1.82, 2.24) is 15.1 Å². The third-order valence-electron chi connectivity index (χ3n) is 3.86. The molecule has 0 radical (unpaired) electrons. The first-order valence-electron chi connectivity index (χ1n) is 7.24. The lowest BCUT2D eigenvalue weighted by Crippen LogP contribution is -2.28. The fraction of sp³-hybridized carbons (Fsp3) is 0.312. The number of aliphatic carboxylic acids is 1. The van der Waals surface area contributed by atoms with Gasteiger partial charge in [0, 0.05) is 18.9 Å². The Hall–Kier alpha value is -2.63. The third-order valence-corrected chi connectivity index (χ3v) is 3.86. The molecule has 2 N–H and O–H groups in total. The number of nitrogens with zero attached hydrogens (tertiary/aromatic N) is 2. The maximum Gasteiger partial charge on any atom is 0.307 e. The van der Waals surface area contributed by atoms with Crippen molar-refractivity contribution >= 4 is 11.9 Å². The monoisotopic (exact) mass is 299 g/mol. The lowest BCUT2D eigenvalue weighted by atomic mass is 10.1. The smallest absolute Gasteiger partial charge is 0.307 e. The van der Waals surface area contributed by atoms with Crippen LogP contribution < -0.4 is 5.32 Å². The molecule has 1 amide bonds. The van der Waals surface area contributed by atoms with Gasteiger partial charge in [-0.05, 0) is 36.6 Å². The summed E-state index contributed by atoms with van der Waals surface area (Å²) in [7, 11) is 0. The molecule has 1 aliphatic carbocycles. The minimum Gasteiger partial charge on any atom is -0.481 e. The van der Waals surface area contributed by atoms with E-state index in [1.807, 2.05) is 36.5 Å². The van der Waals surface area contributed by atoms with Crippen LogP contribution in [0.3, 0.4) is 0 Å². The van der Waals surface area contributed by atoms with E-state index >= 15 is 0 Å². The van der Waals surface area contributed by atoms with Gasteiger partial charge in [-0.2, -0.15) is 5.10 Å². The number of carbonyl (C=O) groups excluding carboxylic acids is 1. The lowest BCUT2D eigenvalue weighted by Gasteiger charge is -2.06. The van der Waals surface area contributed by atoms with Crippen molar-refractivity contribution in [2.24, 2.45) is 11.8 Å². The molecule has 0 aliphatic heterocycles. The van der Waals surface area contributed by atoms with Gasteiger partial charge in [0.25, 0.3) is 0 Å². The van der Waals surface area contributed by atoms with Crippen LogP contribution in [0.25, 0.3) is 5.69 Å². The Morgan fingerprint density at radius 1 is 1.27 bits per heavy atom. The lowest BCUT2D eigenvalue weighted by molar-refractivity contribution is -0.140. The van der Waals surface area contributed by atoms with Crippen molar-refractivity contribution in [2.45, 2.75) is 12.8 Å². The average molecular weight is 299 g/mol. The van der Waals surface area contributed by atoms with Crippen molar-refractivity contribution in [3.05, 3.63) is 48.3 Å². The second-order valence-corrected chi connectivity index (χ2v) is 5.45. The fourth-order valence-electron chi connectivity index (χ4n) is 2.46. The predicted octanol–water partition coefficient (Wildman–Crippen LogP) is 1.25. The number of hydrogen-bond donors (Lipinski definition) is 2. The Balaban J connectivity index is 1.46. The van der Waals surface area contributed by atoms with E-state index in [0.29, 0.717) is 13.0 Å². The van der Waals surface area contributed by atoms with E-state index in [0.717, 1.165) is 17.7 Å². The number of amides is 1. The van der Waals surface area contributed by atoms with Gasteiger partial charge in [-0.3, -0.25) is 9.59 Å². The van der Waals surface area contributed by atoms with E-state index in [9.17, 15) is 9.59 Å². The highest BCUT2D eigenvalue weighted by molar-refractivity contribution is 5.89. The van der Waals surface area contributed by atoms with Crippen LogP contribution in [0.1, 0.15) is 12.0 Å². The van der Waals surface area contributed by atoms with E-state index in [-0.39, 0.29) is 11.8 Å². The van der Waals surface area contributed by atoms with E-state index < -0.39 is 11.9 Å². The molecule has 6 nitrogen and oxygen atoms in total. The molecule has 0 spiro atoms. The molecule has 0 bridgehead atoms. The number of nitrogens with one attached hydrogen (secondary N) is 1. The Kier molecular flexibility index (Phi) is 3.91. The Morgan fingerprint density at radius 3 is 2.64 bits per heavy atom. The average Bonchev–Trinajstić information content (AvgIpc) is 3.15. The van der Waals surface area contributed by atoms with Crippen LogP contribution in [0.5, 0.6) is 0 Å². The third kappa shape index (κ3) is 3.16. The molecule has 0 unspecified atom stereocenters. The highest BCUT2D eigenvalue weighted by Crippen LogP contribution is 2.38. The number of rotatable bonds is 6. The SMILES string of the molecule is O=C(NCCc1ccc(-n2cccn2)cc1)[C@H]1C[C@H]1C(=O)O. The summed E-state index contributed by atoms with van der Waals surface area (Å²) < 4.78 is 1.78. The summed E-state index contributed by atoms with van der Waals surface area (Å²) in [6, 6.07) is 9.82. The molecule has 2 aromatic rings. The zero-order valence-corrected chi connectivity index (χ0v) is 12.0. The van der Waals surface area contributed by atoms with Gasteiger partial charge in [-0.25, -0.2) is 4.68 Å². The van der Waals surface area contributed by atoms with Gasteiger partial charge in [0.05, 0.1) is 17.5 Å². The van der Waals surface area contributed by atoms with Crippen LogP contribution in [0.15, 0.2) is 42.7 Å². The summed E-state index contributed by atoms with van der Waals surface area (Å²) in [5.41, 5.74) is 2.10. The number of carbonyl (C=O) groups is 2.